The fourth-order valence-electron chi connectivity index (χ4n) is 0.599. The quantitative estimate of drug-likeness (QED) is 0.758. The van der Waals surface area contributed by atoms with E-state index < -0.39 is 0 Å². The predicted octanol–water partition coefficient (Wildman–Crippen LogP) is 1.61. The highest BCUT2D eigenvalue weighted by molar-refractivity contribution is 7.99. The lowest BCUT2D eigenvalue weighted by Crippen LogP contribution is -2.04. The molecule has 1 heterocycles. The first-order valence-electron chi connectivity index (χ1n) is 3.46. The van der Waals surface area contributed by atoms with Gasteiger partial charge in [0, 0.05) is 18.5 Å². The Morgan fingerprint density at radius 3 is 3.08 bits per heavy atom. The van der Waals surface area contributed by atoms with Gasteiger partial charge in [-0.1, -0.05) is 18.7 Å². The van der Waals surface area contributed by atoms with Crippen molar-refractivity contribution in [3.8, 4) is 0 Å². The third-order valence-corrected chi connectivity index (χ3v) is 2.44. The van der Waals surface area contributed by atoms with Crippen LogP contribution in [0, 0.1) is 0 Å². The van der Waals surface area contributed by atoms with Crippen molar-refractivity contribution in [3.63, 3.8) is 0 Å². The normalized spacial score (nSPS) is 9.83. The molecule has 0 atom stereocenters. The van der Waals surface area contributed by atoms with Gasteiger partial charge in [-0.15, -0.1) is 0 Å². The lowest BCUT2D eigenvalue weighted by atomic mass is 10.7. The van der Waals surface area contributed by atoms with Gasteiger partial charge in [0.15, 0.2) is 0 Å². The number of aromatic nitrogens is 2. The Morgan fingerprint density at radius 1 is 1.75 bits per heavy atom. The van der Waals surface area contributed by atoms with Gasteiger partial charge in [-0.2, -0.15) is 9.36 Å². The molecule has 0 aliphatic carbocycles. The van der Waals surface area contributed by atoms with Crippen molar-refractivity contribution < 1.29 is 4.79 Å². The van der Waals surface area contributed by atoms with Crippen LogP contribution in [0.1, 0.15) is 13.8 Å². The van der Waals surface area contributed by atoms with Crippen LogP contribution in [-0.4, -0.2) is 21.0 Å². The third-order valence-electron chi connectivity index (χ3n) is 0.964. The zero-order chi connectivity index (χ0) is 8.97. The molecule has 66 valence electrons. The first kappa shape index (κ1) is 9.47. The van der Waals surface area contributed by atoms with E-state index in [9.17, 15) is 4.79 Å². The zero-order valence-corrected chi connectivity index (χ0v) is 8.46. The second kappa shape index (κ2) is 4.42. The maximum Gasteiger partial charge on any atom is 0.223 e. The molecule has 1 N–H and O–H groups in total. The fraction of sp³-hybridized carbons (Fsp3) is 0.500. The summed E-state index contributed by atoms with van der Waals surface area (Å²) in [5.41, 5.74) is 0. The summed E-state index contributed by atoms with van der Waals surface area (Å²) >= 11 is 2.76. The van der Waals surface area contributed by atoms with Crippen LogP contribution in [0.15, 0.2) is 5.16 Å². The number of rotatable bonds is 3. The van der Waals surface area contributed by atoms with Gasteiger partial charge in [0.25, 0.3) is 0 Å². The smallest absolute Gasteiger partial charge is 0.223 e. The Kier molecular flexibility index (Phi) is 3.48. The number of carbonyl (C=O) groups is 1. The van der Waals surface area contributed by atoms with Gasteiger partial charge in [-0.05, 0) is 5.75 Å². The molecule has 1 amide bonds. The van der Waals surface area contributed by atoms with Crippen molar-refractivity contribution >= 4 is 34.3 Å². The van der Waals surface area contributed by atoms with Gasteiger partial charge in [0.1, 0.15) is 0 Å². The Labute approximate surface area is 78.9 Å². The van der Waals surface area contributed by atoms with Crippen LogP contribution in [0.4, 0.5) is 5.13 Å². The number of anilines is 1. The van der Waals surface area contributed by atoms with Crippen LogP contribution in [-0.2, 0) is 4.79 Å². The van der Waals surface area contributed by atoms with Gasteiger partial charge >= 0.3 is 0 Å². The van der Waals surface area contributed by atoms with Crippen molar-refractivity contribution in [2.75, 3.05) is 11.1 Å². The molecule has 0 bridgehead atoms. The molecule has 0 spiro atoms. The van der Waals surface area contributed by atoms with E-state index in [1.54, 1.807) is 11.8 Å². The maximum absolute atomic E-state index is 10.6. The Morgan fingerprint density at radius 2 is 2.50 bits per heavy atom. The average molecular weight is 203 g/mol. The van der Waals surface area contributed by atoms with Crippen LogP contribution in [0.5, 0.6) is 0 Å². The van der Waals surface area contributed by atoms with Crippen LogP contribution < -0.4 is 5.32 Å². The molecular weight excluding hydrogens is 194 g/mol. The minimum atomic E-state index is -0.112. The summed E-state index contributed by atoms with van der Waals surface area (Å²) in [5.74, 6) is 0.829. The molecule has 0 aliphatic heterocycles. The molecule has 1 rings (SSSR count). The molecule has 6 heteroatoms. The first-order valence-corrected chi connectivity index (χ1v) is 5.22. The topological polar surface area (TPSA) is 54.9 Å². The van der Waals surface area contributed by atoms with Crippen LogP contribution in [0.25, 0.3) is 0 Å². The Hall–Kier alpha value is -0.620. The summed E-state index contributed by atoms with van der Waals surface area (Å²) in [6.07, 6.45) is 0. The highest BCUT2D eigenvalue weighted by atomic mass is 32.2. The molecule has 1 aromatic rings. The molecule has 0 saturated heterocycles. The van der Waals surface area contributed by atoms with Crippen molar-refractivity contribution in [3.05, 3.63) is 0 Å². The predicted molar refractivity (Wildman–Crippen MR) is 50.6 cm³/mol. The van der Waals surface area contributed by atoms with Gasteiger partial charge < -0.3 is 5.32 Å². The summed E-state index contributed by atoms with van der Waals surface area (Å²) < 4.78 is 4.04. The number of hydrogen-bond donors (Lipinski definition) is 1. The highest BCUT2D eigenvalue weighted by Gasteiger charge is 2.03. The van der Waals surface area contributed by atoms with Crippen molar-refractivity contribution in [1.29, 1.82) is 0 Å². The highest BCUT2D eigenvalue weighted by Crippen LogP contribution is 2.19. The minimum Gasteiger partial charge on any atom is -0.301 e. The summed E-state index contributed by atoms with van der Waals surface area (Å²) in [4.78, 5) is 14.7. The Balaban J connectivity index is 2.58. The number of carbonyl (C=O) groups excluding carboxylic acids is 1. The molecule has 12 heavy (non-hydrogen) atoms. The molecule has 0 fully saturated rings. The van der Waals surface area contributed by atoms with Gasteiger partial charge in [-0.25, -0.2) is 0 Å². The molecule has 0 aliphatic rings. The molecule has 4 nitrogen and oxygen atoms in total. The average Bonchev–Trinajstić information content (AvgIpc) is 2.36. The summed E-state index contributed by atoms with van der Waals surface area (Å²) in [6.45, 7) is 3.48. The number of nitrogens with zero attached hydrogens (tertiary/aromatic N) is 2. The summed E-state index contributed by atoms with van der Waals surface area (Å²) in [5, 5.41) is 3.87. The second-order valence-corrected chi connectivity index (χ2v) is 3.98. The standard InChI is InChI=1S/C6H9N3OS2/c1-3-11-6-8-5(12-9-6)7-4(2)10/h3H2,1-2H3,(H,7,8,9,10). The van der Waals surface area contributed by atoms with E-state index in [0.717, 1.165) is 10.9 Å². The lowest BCUT2D eigenvalue weighted by molar-refractivity contribution is -0.114. The van der Waals surface area contributed by atoms with Gasteiger partial charge in [0.05, 0.1) is 0 Å². The molecular formula is C6H9N3OS2. The van der Waals surface area contributed by atoms with E-state index in [4.69, 9.17) is 0 Å². The van der Waals surface area contributed by atoms with Crippen molar-refractivity contribution in [2.24, 2.45) is 0 Å². The first-order chi connectivity index (χ1) is 5.72. The van der Waals surface area contributed by atoms with Crippen molar-refractivity contribution in [1.82, 2.24) is 9.36 Å². The fourth-order valence-corrected chi connectivity index (χ4v) is 1.92. The van der Waals surface area contributed by atoms with Crippen LogP contribution >= 0.6 is 23.3 Å². The maximum atomic E-state index is 10.6. The number of amides is 1. The third kappa shape index (κ3) is 2.78. The number of hydrogen-bond acceptors (Lipinski definition) is 5. The molecule has 0 radical (unpaired) electrons. The van der Waals surface area contributed by atoms with E-state index in [0.29, 0.717) is 5.13 Å². The monoisotopic (exact) mass is 203 g/mol. The molecule has 0 aromatic carbocycles. The molecule has 0 unspecified atom stereocenters. The van der Waals surface area contributed by atoms with Gasteiger partial charge in [-0.3, -0.25) is 4.79 Å². The van der Waals surface area contributed by atoms with E-state index in [1.807, 2.05) is 6.92 Å². The summed E-state index contributed by atoms with van der Waals surface area (Å²) in [6, 6.07) is 0. The largest absolute Gasteiger partial charge is 0.301 e. The van der Waals surface area contributed by atoms with Gasteiger partial charge in [0.2, 0.25) is 16.2 Å². The van der Waals surface area contributed by atoms with Crippen LogP contribution in [0.2, 0.25) is 0 Å². The minimum absolute atomic E-state index is 0.112. The molecule has 1 aromatic heterocycles. The van der Waals surface area contributed by atoms with E-state index in [2.05, 4.69) is 14.7 Å². The molecule has 0 saturated carbocycles. The number of thioether (sulfide) groups is 1. The van der Waals surface area contributed by atoms with E-state index >= 15 is 0 Å². The SMILES string of the molecule is CCSc1nsc(NC(C)=O)n1. The summed E-state index contributed by atoms with van der Waals surface area (Å²) in [7, 11) is 0. The zero-order valence-electron chi connectivity index (χ0n) is 6.83. The Bertz CT molecular complexity index is 274. The van der Waals surface area contributed by atoms with Crippen molar-refractivity contribution in [2.45, 2.75) is 19.0 Å². The van der Waals surface area contributed by atoms with E-state index in [-0.39, 0.29) is 5.91 Å². The second-order valence-electron chi connectivity index (χ2n) is 2.00. The lowest BCUT2D eigenvalue weighted by Gasteiger charge is -1.91. The van der Waals surface area contributed by atoms with E-state index in [1.165, 1.54) is 18.5 Å². The van der Waals surface area contributed by atoms with Crippen LogP contribution in [0.3, 0.4) is 0 Å². The number of nitrogens with one attached hydrogen (secondary N) is 1.